The first-order valence-corrected chi connectivity index (χ1v) is 9.51. The van der Waals surface area contributed by atoms with Crippen LogP contribution < -0.4 is 10.7 Å². The predicted molar refractivity (Wildman–Crippen MR) is 115 cm³/mol. The molecule has 5 heteroatoms. The molecular formula is C23H16BrNO3. The Balaban J connectivity index is 1.69. The quantitative estimate of drug-likeness (QED) is 0.445. The number of halogens is 1. The van der Waals surface area contributed by atoms with Gasteiger partial charge in [-0.15, -0.1) is 0 Å². The first kappa shape index (κ1) is 18.2. The normalized spacial score (nSPS) is 10.8. The first-order chi connectivity index (χ1) is 13.5. The van der Waals surface area contributed by atoms with Crippen LogP contribution in [0.1, 0.15) is 15.9 Å². The van der Waals surface area contributed by atoms with Crippen LogP contribution in [0.5, 0.6) is 0 Å². The summed E-state index contributed by atoms with van der Waals surface area (Å²) in [5, 5.41) is 3.24. The van der Waals surface area contributed by atoms with E-state index in [0.29, 0.717) is 32.5 Å². The topological polar surface area (TPSA) is 59.3 Å². The van der Waals surface area contributed by atoms with Gasteiger partial charge in [-0.25, -0.2) is 0 Å². The molecule has 4 rings (SSSR count). The highest BCUT2D eigenvalue weighted by Gasteiger charge is 2.12. The van der Waals surface area contributed by atoms with Crippen LogP contribution in [0.2, 0.25) is 0 Å². The van der Waals surface area contributed by atoms with Gasteiger partial charge in [0.25, 0.3) is 5.91 Å². The Morgan fingerprint density at radius 1 is 0.964 bits per heavy atom. The Labute approximate surface area is 170 Å². The second-order valence-corrected chi connectivity index (χ2v) is 7.34. The molecule has 1 heterocycles. The minimum atomic E-state index is -0.257. The number of carbonyl (C=O) groups excluding carboxylic acids is 1. The zero-order valence-electron chi connectivity index (χ0n) is 15.0. The number of nitrogens with one attached hydrogen (secondary N) is 1. The summed E-state index contributed by atoms with van der Waals surface area (Å²) in [7, 11) is 0. The van der Waals surface area contributed by atoms with Crippen molar-refractivity contribution in [1.82, 2.24) is 0 Å². The van der Waals surface area contributed by atoms with E-state index in [1.165, 1.54) is 6.07 Å². The molecule has 3 aromatic carbocycles. The van der Waals surface area contributed by atoms with Gasteiger partial charge in [0, 0.05) is 21.8 Å². The summed E-state index contributed by atoms with van der Waals surface area (Å²) < 4.78 is 6.63. The van der Waals surface area contributed by atoms with Gasteiger partial charge < -0.3 is 9.73 Å². The lowest BCUT2D eigenvalue weighted by atomic mass is 10.1. The molecule has 0 saturated carbocycles. The second kappa shape index (κ2) is 7.44. The van der Waals surface area contributed by atoms with Crippen LogP contribution in [-0.4, -0.2) is 5.91 Å². The highest BCUT2D eigenvalue weighted by molar-refractivity contribution is 9.10. The van der Waals surface area contributed by atoms with E-state index < -0.39 is 0 Å². The molecule has 0 aliphatic rings. The summed E-state index contributed by atoms with van der Waals surface area (Å²) in [5.41, 5.74) is 3.31. The Kier molecular flexibility index (Phi) is 4.84. The van der Waals surface area contributed by atoms with Crippen LogP contribution in [0.4, 0.5) is 5.69 Å². The summed E-state index contributed by atoms with van der Waals surface area (Å²) in [4.78, 5) is 25.1. The Morgan fingerprint density at radius 3 is 2.57 bits per heavy atom. The molecule has 1 N–H and O–H groups in total. The van der Waals surface area contributed by atoms with E-state index in [2.05, 4.69) is 21.2 Å². The zero-order chi connectivity index (χ0) is 19.7. The van der Waals surface area contributed by atoms with E-state index in [-0.39, 0.29) is 11.3 Å². The fourth-order valence-electron chi connectivity index (χ4n) is 3.02. The third-order valence-electron chi connectivity index (χ3n) is 4.41. The maximum atomic E-state index is 12.6. The van der Waals surface area contributed by atoms with Gasteiger partial charge in [0.1, 0.15) is 11.3 Å². The van der Waals surface area contributed by atoms with Gasteiger partial charge in [-0.1, -0.05) is 35.9 Å². The predicted octanol–water partition coefficient (Wildman–Crippen LogP) is 5.78. The molecule has 28 heavy (non-hydrogen) atoms. The molecule has 0 bridgehead atoms. The average molecular weight is 434 g/mol. The molecule has 0 radical (unpaired) electrons. The van der Waals surface area contributed by atoms with E-state index in [0.717, 1.165) is 11.1 Å². The van der Waals surface area contributed by atoms with Crippen molar-refractivity contribution in [1.29, 1.82) is 0 Å². The highest BCUT2D eigenvalue weighted by atomic mass is 79.9. The summed E-state index contributed by atoms with van der Waals surface area (Å²) in [6.45, 7) is 1.99. The standard InChI is InChI=1S/C23H16BrNO3/c1-14-5-4-6-15(11-14)22-13-20(26)18-12-16(9-10-21(18)28-22)25-23(27)17-7-2-3-8-19(17)24/h2-13H,1H3,(H,25,27). The molecule has 4 nitrogen and oxygen atoms in total. The van der Waals surface area contributed by atoms with Crippen molar-refractivity contribution in [2.24, 2.45) is 0 Å². The molecule has 138 valence electrons. The molecule has 0 fully saturated rings. The van der Waals surface area contributed by atoms with Crippen LogP contribution in [0.25, 0.3) is 22.3 Å². The fraction of sp³-hybridized carbons (Fsp3) is 0.0435. The number of hydrogen-bond acceptors (Lipinski definition) is 3. The lowest BCUT2D eigenvalue weighted by molar-refractivity contribution is 0.102. The van der Waals surface area contributed by atoms with Crippen molar-refractivity contribution in [2.75, 3.05) is 5.32 Å². The van der Waals surface area contributed by atoms with Crippen LogP contribution in [-0.2, 0) is 0 Å². The van der Waals surface area contributed by atoms with Gasteiger partial charge in [0.2, 0.25) is 0 Å². The number of fused-ring (bicyclic) bond motifs is 1. The van der Waals surface area contributed by atoms with Crippen molar-refractivity contribution in [3.05, 3.63) is 98.6 Å². The number of anilines is 1. The molecule has 0 atom stereocenters. The van der Waals surface area contributed by atoms with Gasteiger partial charge >= 0.3 is 0 Å². The average Bonchev–Trinajstić information content (AvgIpc) is 2.68. The van der Waals surface area contributed by atoms with Gasteiger partial charge in [0.15, 0.2) is 5.43 Å². The Hall–Kier alpha value is -3.18. The summed E-state index contributed by atoms with van der Waals surface area (Å²) in [5.74, 6) is 0.263. The monoisotopic (exact) mass is 433 g/mol. The molecule has 0 aliphatic carbocycles. The Morgan fingerprint density at radius 2 is 1.79 bits per heavy atom. The first-order valence-electron chi connectivity index (χ1n) is 8.72. The number of carbonyl (C=O) groups is 1. The molecule has 0 unspecified atom stereocenters. The molecule has 4 aromatic rings. The number of hydrogen-bond donors (Lipinski definition) is 1. The third-order valence-corrected chi connectivity index (χ3v) is 5.10. The SMILES string of the molecule is Cc1cccc(-c2cc(=O)c3cc(NC(=O)c4ccccc4Br)ccc3o2)c1. The Bertz CT molecular complexity index is 1260. The number of aryl methyl sites for hydroxylation is 1. The van der Waals surface area contributed by atoms with Crippen LogP contribution >= 0.6 is 15.9 Å². The van der Waals surface area contributed by atoms with Gasteiger partial charge in [-0.05, 0) is 59.3 Å². The van der Waals surface area contributed by atoms with Gasteiger partial charge in [-0.3, -0.25) is 9.59 Å². The van der Waals surface area contributed by atoms with E-state index >= 15 is 0 Å². The fourth-order valence-corrected chi connectivity index (χ4v) is 3.48. The zero-order valence-corrected chi connectivity index (χ0v) is 16.6. The van der Waals surface area contributed by atoms with E-state index in [1.807, 2.05) is 37.3 Å². The largest absolute Gasteiger partial charge is 0.456 e. The van der Waals surface area contributed by atoms with E-state index in [1.54, 1.807) is 36.4 Å². The third kappa shape index (κ3) is 3.62. The summed E-state index contributed by atoms with van der Waals surface area (Å²) in [6.07, 6.45) is 0. The minimum Gasteiger partial charge on any atom is -0.456 e. The molecule has 0 spiro atoms. The summed E-state index contributed by atoms with van der Waals surface area (Å²) >= 11 is 3.37. The molecule has 1 aromatic heterocycles. The van der Waals surface area contributed by atoms with Crippen molar-refractivity contribution >= 4 is 38.5 Å². The van der Waals surface area contributed by atoms with Crippen molar-refractivity contribution < 1.29 is 9.21 Å². The summed E-state index contributed by atoms with van der Waals surface area (Å²) in [6, 6.07) is 21.5. The van der Waals surface area contributed by atoms with Crippen LogP contribution in [0.3, 0.4) is 0 Å². The maximum absolute atomic E-state index is 12.6. The van der Waals surface area contributed by atoms with Crippen molar-refractivity contribution in [3.63, 3.8) is 0 Å². The molecular weight excluding hydrogens is 418 g/mol. The second-order valence-electron chi connectivity index (χ2n) is 6.49. The lowest BCUT2D eigenvalue weighted by Crippen LogP contribution is -2.13. The van der Waals surface area contributed by atoms with E-state index in [4.69, 9.17) is 4.42 Å². The highest BCUT2D eigenvalue weighted by Crippen LogP contribution is 2.25. The van der Waals surface area contributed by atoms with Gasteiger partial charge in [0.05, 0.1) is 10.9 Å². The molecule has 1 amide bonds. The maximum Gasteiger partial charge on any atom is 0.256 e. The minimum absolute atomic E-state index is 0.158. The number of amides is 1. The number of rotatable bonds is 3. The van der Waals surface area contributed by atoms with Crippen molar-refractivity contribution in [3.8, 4) is 11.3 Å². The molecule has 0 aliphatic heterocycles. The molecule has 0 saturated heterocycles. The van der Waals surface area contributed by atoms with E-state index in [9.17, 15) is 9.59 Å². The van der Waals surface area contributed by atoms with Gasteiger partial charge in [-0.2, -0.15) is 0 Å². The van der Waals surface area contributed by atoms with Crippen molar-refractivity contribution in [2.45, 2.75) is 6.92 Å². The van der Waals surface area contributed by atoms with Crippen LogP contribution in [0.15, 0.2) is 86.5 Å². The lowest BCUT2D eigenvalue weighted by Gasteiger charge is -2.08. The van der Waals surface area contributed by atoms with Crippen LogP contribution in [0, 0.1) is 6.92 Å². The smallest absolute Gasteiger partial charge is 0.256 e. The number of benzene rings is 3.